The SMILES string of the molecule is Bc1c(B)c(-c2cc(-c3ccc4ccc5cccc6ccc3c4c56)cc(-c3ccc4ccc5cccc6ccc3c4c56)c2)c2c(oc3c(B)c4c(B)c(B)c(B)c(B)c4c(B)c32)c1B. The fourth-order valence-electron chi connectivity index (χ4n) is 12.3. The van der Waals surface area contributed by atoms with E-state index in [1.54, 1.807) is 0 Å². The topological polar surface area (TPSA) is 13.1 Å². The molecule has 288 valence electrons. The molecule has 12 aromatic carbocycles. The highest BCUT2D eigenvalue weighted by Crippen LogP contribution is 2.45. The third-order valence-corrected chi connectivity index (χ3v) is 16.1. The standard InChI is InChI=1S/C54H39B9O/c55-44-41-42(47(58)50(61)49(60)46(41)57)48(59)54-43(44)40-39(45(56)51(62)52(63)53(40)64-54)30-20-28(31-15-11-26-9-7-22-3-1-5-24-13-17-33(31)37(26)35(22)24)19-29(21-30)32-16-12-27-10-8-23-4-2-6-25-14-18-34(32)38(27)36(23)25/h1-21H,55-63H2. The van der Waals surface area contributed by atoms with Crippen LogP contribution in [0.1, 0.15) is 0 Å². The normalized spacial score (nSPS) is 12.3. The van der Waals surface area contributed by atoms with E-state index in [4.69, 9.17) is 4.42 Å². The highest BCUT2D eigenvalue weighted by Gasteiger charge is 2.26. The lowest BCUT2D eigenvalue weighted by atomic mass is 9.61. The molecule has 0 fully saturated rings. The Kier molecular flexibility index (Phi) is 7.82. The molecule has 0 radical (unpaired) electrons. The van der Waals surface area contributed by atoms with Crippen molar-refractivity contribution in [1.29, 1.82) is 0 Å². The molecule has 1 aromatic heterocycles. The van der Waals surface area contributed by atoms with Crippen molar-refractivity contribution >= 4 is 217 Å². The van der Waals surface area contributed by atoms with Crippen molar-refractivity contribution in [2.45, 2.75) is 0 Å². The first-order valence-corrected chi connectivity index (χ1v) is 22.8. The minimum Gasteiger partial charge on any atom is -0.457 e. The zero-order chi connectivity index (χ0) is 43.6. The second kappa shape index (κ2) is 13.2. The maximum Gasteiger partial charge on any atom is 0.145 e. The van der Waals surface area contributed by atoms with Gasteiger partial charge < -0.3 is 4.42 Å². The maximum atomic E-state index is 7.24. The van der Waals surface area contributed by atoms with E-state index >= 15 is 0 Å². The molecule has 0 aliphatic heterocycles. The summed E-state index contributed by atoms with van der Waals surface area (Å²) in [6, 6.07) is 48.7. The summed E-state index contributed by atoms with van der Waals surface area (Å²) in [5.74, 6) is 0. The second-order valence-electron chi connectivity index (χ2n) is 19.0. The zero-order valence-corrected chi connectivity index (χ0v) is 38.0. The summed E-state index contributed by atoms with van der Waals surface area (Å²) in [7, 11) is 20.7. The Morgan fingerprint density at radius 3 is 1.16 bits per heavy atom. The van der Waals surface area contributed by atoms with Crippen LogP contribution in [0, 0.1) is 0 Å². The molecule has 0 atom stereocenters. The molecule has 0 spiro atoms. The van der Waals surface area contributed by atoms with E-state index in [0.717, 1.165) is 11.2 Å². The summed E-state index contributed by atoms with van der Waals surface area (Å²) >= 11 is 0. The largest absolute Gasteiger partial charge is 0.457 e. The molecule has 13 aromatic rings. The first-order chi connectivity index (χ1) is 31.0. The van der Waals surface area contributed by atoms with Gasteiger partial charge in [0.1, 0.15) is 81.8 Å². The van der Waals surface area contributed by atoms with Gasteiger partial charge in [0, 0.05) is 10.8 Å². The Morgan fingerprint density at radius 2 is 0.656 bits per heavy atom. The predicted molar refractivity (Wildman–Crippen MR) is 309 cm³/mol. The Bertz CT molecular complexity index is 4050. The average molecular weight is 801 g/mol. The Hall–Kier alpha value is -6.64. The number of rotatable bonds is 3. The average Bonchev–Trinajstić information content (AvgIpc) is 3.72. The lowest BCUT2D eigenvalue weighted by Gasteiger charge is -2.21. The van der Waals surface area contributed by atoms with E-state index in [-0.39, 0.29) is 0 Å². The van der Waals surface area contributed by atoms with Crippen LogP contribution in [0.3, 0.4) is 0 Å². The lowest BCUT2D eigenvalue weighted by molar-refractivity contribution is 0.675. The van der Waals surface area contributed by atoms with Gasteiger partial charge >= 0.3 is 0 Å². The van der Waals surface area contributed by atoms with Gasteiger partial charge in [0.2, 0.25) is 0 Å². The molecule has 1 nitrogen and oxygen atoms in total. The summed E-state index contributed by atoms with van der Waals surface area (Å²) in [5.41, 5.74) is 21.2. The van der Waals surface area contributed by atoms with Crippen LogP contribution in [0.2, 0.25) is 0 Å². The van der Waals surface area contributed by atoms with Crippen molar-refractivity contribution in [2.24, 2.45) is 0 Å². The molecular formula is C54H39B9O. The second-order valence-corrected chi connectivity index (χ2v) is 19.0. The first kappa shape index (κ1) is 37.9. The van der Waals surface area contributed by atoms with Crippen LogP contribution in [-0.4, -0.2) is 70.6 Å². The highest BCUT2D eigenvalue weighted by molar-refractivity contribution is 6.72. The maximum absolute atomic E-state index is 7.24. The molecule has 64 heavy (non-hydrogen) atoms. The van der Waals surface area contributed by atoms with Gasteiger partial charge in [-0.3, -0.25) is 0 Å². The fourth-order valence-corrected chi connectivity index (χ4v) is 12.3. The first-order valence-electron chi connectivity index (χ1n) is 22.8. The number of hydrogen-bond acceptors (Lipinski definition) is 1. The van der Waals surface area contributed by atoms with Crippen LogP contribution in [0.15, 0.2) is 132 Å². The van der Waals surface area contributed by atoms with E-state index in [1.807, 2.05) is 0 Å². The van der Waals surface area contributed by atoms with Crippen molar-refractivity contribution in [2.75, 3.05) is 0 Å². The third-order valence-electron chi connectivity index (χ3n) is 16.1. The molecule has 1 heterocycles. The van der Waals surface area contributed by atoms with Gasteiger partial charge in [-0.25, -0.2) is 0 Å². The smallest absolute Gasteiger partial charge is 0.145 e. The molecular weight excluding hydrogens is 762 g/mol. The van der Waals surface area contributed by atoms with Gasteiger partial charge in [-0.1, -0.05) is 142 Å². The highest BCUT2D eigenvalue weighted by atomic mass is 16.3. The third kappa shape index (κ3) is 4.87. The summed E-state index contributed by atoms with van der Waals surface area (Å²) in [6.07, 6.45) is 0. The summed E-state index contributed by atoms with van der Waals surface area (Å²) in [5, 5.41) is 20.8. The lowest BCUT2D eigenvalue weighted by Crippen LogP contribution is -2.50. The Morgan fingerprint density at radius 1 is 0.266 bits per heavy atom. The summed E-state index contributed by atoms with van der Waals surface area (Å²) in [6.45, 7) is 0. The van der Waals surface area contributed by atoms with Gasteiger partial charge in [-0.05, 0) is 132 Å². The fraction of sp³-hybridized carbons (Fsp3) is 0. The van der Waals surface area contributed by atoms with Crippen molar-refractivity contribution < 1.29 is 4.42 Å². The van der Waals surface area contributed by atoms with Crippen LogP contribution in [0.25, 0.3) is 131 Å². The van der Waals surface area contributed by atoms with Gasteiger partial charge in [0.05, 0.1) is 0 Å². The van der Waals surface area contributed by atoms with Gasteiger partial charge in [-0.15, -0.1) is 10.9 Å². The van der Waals surface area contributed by atoms with Crippen LogP contribution in [-0.2, 0) is 0 Å². The molecule has 13 rings (SSSR count). The molecule has 0 aliphatic carbocycles. The summed E-state index contributed by atoms with van der Waals surface area (Å²) in [4.78, 5) is 0. The Balaban J connectivity index is 1.19. The van der Waals surface area contributed by atoms with Gasteiger partial charge in [0.15, 0.2) is 0 Å². The van der Waals surface area contributed by atoms with Crippen LogP contribution >= 0.6 is 0 Å². The van der Waals surface area contributed by atoms with Crippen LogP contribution in [0.4, 0.5) is 0 Å². The molecule has 0 aliphatic rings. The minimum absolute atomic E-state index is 0.996. The molecule has 0 bridgehead atoms. The molecule has 0 unspecified atom stereocenters. The zero-order valence-electron chi connectivity index (χ0n) is 38.0. The molecule has 0 saturated heterocycles. The minimum atomic E-state index is 0.996. The monoisotopic (exact) mass is 802 g/mol. The van der Waals surface area contributed by atoms with Crippen molar-refractivity contribution in [1.82, 2.24) is 0 Å². The van der Waals surface area contributed by atoms with Crippen molar-refractivity contribution in [3.8, 4) is 33.4 Å². The van der Waals surface area contributed by atoms with Crippen LogP contribution in [0.5, 0.6) is 0 Å². The van der Waals surface area contributed by atoms with E-state index in [0.29, 0.717) is 0 Å². The quantitative estimate of drug-likeness (QED) is 0.180. The van der Waals surface area contributed by atoms with E-state index in [9.17, 15) is 0 Å². The van der Waals surface area contributed by atoms with Gasteiger partial charge in [-0.2, -0.15) is 0 Å². The Labute approximate surface area is 380 Å². The van der Waals surface area contributed by atoms with E-state index in [1.165, 1.54) is 169 Å². The molecule has 0 amide bonds. The van der Waals surface area contributed by atoms with E-state index < -0.39 is 0 Å². The molecule has 0 N–H and O–H groups in total. The summed E-state index contributed by atoms with van der Waals surface area (Å²) < 4.78 is 7.24. The molecule has 0 saturated carbocycles. The number of benzene rings is 12. The predicted octanol–water partition coefficient (Wildman–Crippen LogP) is -0.139. The van der Waals surface area contributed by atoms with Crippen molar-refractivity contribution in [3.05, 3.63) is 127 Å². The van der Waals surface area contributed by atoms with Crippen LogP contribution < -0.4 is 49.2 Å². The molecule has 10 heteroatoms. The number of fused-ring (bicyclic) bond motifs is 4. The van der Waals surface area contributed by atoms with Gasteiger partial charge in [0.25, 0.3) is 0 Å². The number of furan rings is 1. The van der Waals surface area contributed by atoms with Crippen molar-refractivity contribution in [3.63, 3.8) is 0 Å². The van der Waals surface area contributed by atoms with E-state index in [2.05, 4.69) is 198 Å². The number of hydrogen-bond donors (Lipinski definition) is 0.